The molecule has 0 aromatic heterocycles. The lowest BCUT2D eigenvalue weighted by Crippen LogP contribution is -1.98. The van der Waals surface area contributed by atoms with Gasteiger partial charge in [-0.25, -0.2) is 0 Å². The summed E-state index contributed by atoms with van der Waals surface area (Å²) in [6, 6.07) is 11.5. The summed E-state index contributed by atoms with van der Waals surface area (Å²) < 4.78 is 0. The van der Waals surface area contributed by atoms with Crippen molar-refractivity contribution in [3.05, 3.63) is 36.4 Å². The quantitative estimate of drug-likeness (QED) is 0.531. The number of hydrogen-bond donors (Lipinski definition) is 2. The third-order valence-corrected chi connectivity index (χ3v) is 2.76. The molecule has 0 spiro atoms. The molecule has 1 atom stereocenters. The molecule has 0 aliphatic carbocycles. The average Bonchev–Trinajstić information content (AvgIpc) is 2.19. The largest absolute Gasteiger partial charge is 0.398 e. The Morgan fingerprint density at radius 2 is 1.69 bits per heavy atom. The summed E-state index contributed by atoms with van der Waals surface area (Å²) in [6.07, 6.45) is 0. The lowest BCUT2D eigenvalue weighted by molar-refractivity contribution is 0.655. The second kappa shape index (κ2) is 3.33. The number of anilines is 1. The van der Waals surface area contributed by atoms with Crippen molar-refractivity contribution in [1.29, 1.82) is 0 Å². The normalized spacial score (nSPS) is 11.5. The summed E-state index contributed by atoms with van der Waals surface area (Å²) >= 11 is 0. The summed E-state index contributed by atoms with van der Waals surface area (Å²) in [5.41, 5.74) is 6.56. The van der Waals surface area contributed by atoms with E-state index >= 15 is 0 Å². The molecule has 2 nitrogen and oxygen atoms in total. The minimum Gasteiger partial charge on any atom is -0.398 e. The predicted molar refractivity (Wildman–Crippen MR) is 58.5 cm³/mol. The molecule has 0 bridgehead atoms. The highest BCUT2D eigenvalue weighted by Crippen LogP contribution is 2.22. The molecule has 0 aliphatic heterocycles. The predicted octanol–water partition coefficient (Wildman–Crippen LogP) is 1.63. The van der Waals surface area contributed by atoms with E-state index in [0.29, 0.717) is 0 Å². The van der Waals surface area contributed by atoms with Gasteiger partial charge in [-0.1, -0.05) is 24.3 Å². The van der Waals surface area contributed by atoms with Crippen LogP contribution in [0.2, 0.25) is 0 Å². The fraction of sp³-hybridized carbons (Fsp3) is 0. The number of fused-ring (bicyclic) bond motifs is 1. The number of hydrogen-bond acceptors (Lipinski definition) is 2. The van der Waals surface area contributed by atoms with Gasteiger partial charge in [-0.3, -0.25) is 0 Å². The molecule has 0 heterocycles. The van der Waals surface area contributed by atoms with Crippen LogP contribution in [0.4, 0.5) is 5.69 Å². The first-order valence-electron chi connectivity index (χ1n) is 4.00. The van der Waals surface area contributed by atoms with Crippen LogP contribution in [0.3, 0.4) is 0 Å². The van der Waals surface area contributed by atoms with E-state index in [2.05, 4.69) is 0 Å². The molecular formula is C10H10NOP. The highest BCUT2D eigenvalue weighted by Gasteiger charge is 2.01. The fourth-order valence-electron chi connectivity index (χ4n) is 1.42. The zero-order valence-electron chi connectivity index (χ0n) is 6.99. The molecule has 0 saturated heterocycles. The molecule has 2 aromatic rings. The van der Waals surface area contributed by atoms with Crippen molar-refractivity contribution in [1.82, 2.24) is 0 Å². The first-order valence-corrected chi connectivity index (χ1v) is 4.95. The number of rotatable bonds is 1. The van der Waals surface area contributed by atoms with Gasteiger partial charge in [-0.05, 0) is 17.5 Å². The molecule has 0 saturated carbocycles. The average molecular weight is 191 g/mol. The molecule has 2 rings (SSSR count). The molecule has 66 valence electrons. The van der Waals surface area contributed by atoms with Gasteiger partial charge in [0.2, 0.25) is 0 Å². The summed E-state index contributed by atoms with van der Waals surface area (Å²) in [7, 11) is -0.175. The van der Waals surface area contributed by atoms with Gasteiger partial charge in [-0.15, -0.1) is 0 Å². The molecule has 1 unspecified atom stereocenters. The van der Waals surface area contributed by atoms with Crippen LogP contribution < -0.4 is 11.0 Å². The molecule has 0 radical (unpaired) electrons. The highest BCUT2D eigenvalue weighted by molar-refractivity contribution is 7.41. The standard InChI is InChI=1S/C10H10NOP/c11-9-5-6-10(13-12)8-4-2-1-3-7(8)9/h1-6,12-13H,11H2. The van der Waals surface area contributed by atoms with Crippen molar-refractivity contribution in [2.75, 3.05) is 5.73 Å². The van der Waals surface area contributed by atoms with Crippen molar-refractivity contribution in [3.63, 3.8) is 0 Å². The zero-order valence-corrected chi connectivity index (χ0v) is 7.99. The Morgan fingerprint density at radius 3 is 2.38 bits per heavy atom. The summed E-state index contributed by atoms with van der Waals surface area (Å²) in [6.45, 7) is 0. The van der Waals surface area contributed by atoms with Crippen molar-refractivity contribution < 1.29 is 4.89 Å². The molecule has 13 heavy (non-hydrogen) atoms. The van der Waals surface area contributed by atoms with E-state index in [-0.39, 0.29) is 8.81 Å². The highest BCUT2D eigenvalue weighted by atomic mass is 31.1. The minimum atomic E-state index is -0.175. The van der Waals surface area contributed by atoms with Crippen LogP contribution in [-0.2, 0) is 0 Å². The molecule has 0 aliphatic rings. The van der Waals surface area contributed by atoms with Gasteiger partial charge in [0.15, 0.2) is 0 Å². The van der Waals surface area contributed by atoms with Crippen LogP contribution in [0.5, 0.6) is 0 Å². The third-order valence-electron chi connectivity index (χ3n) is 2.08. The van der Waals surface area contributed by atoms with Gasteiger partial charge < -0.3 is 10.6 Å². The zero-order chi connectivity index (χ0) is 9.26. The van der Waals surface area contributed by atoms with Gasteiger partial charge in [0.05, 0.1) is 0 Å². The Morgan fingerprint density at radius 1 is 1.00 bits per heavy atom. The Balaban J connectivity index is 2.84. The number of nitrogen functional groups attached to an aromatic ring is 1. The summed E-state index contributed by atoms with van der Waals surface area (Å²) in [5.74, 6) is 0. The molecular weight excluding hydrogens is 181 g/mol. The van der Waals surface area contributed by atoms with Crippen LogP contribution in [0.1, 0.15) is 0 Å². The Labute approximate surface area is 78.2 Å². The van der Waals surface area contributed by atoms with Crippen LogP contribution in [-0.4, -0.2) is 4.89 Å². The van der Waals surface area contributed by atoms with Crippen molar-refractivity contribution >= 4 is 30.6 Å². The van der Waals surface area contributed by atoms with Crippen LogP contribution in [0.15, 0.2) is 36.4 Å². The van der Waals surface area contributed by atoms with E-state index in [1.165, 1.54) is 0 Å². The number of nitrogens with two attached hydrogens (primary N) is 1. The molecule has 0 fully saturated rings. The van der Waals surface area contributed by atoms with E-state index in [0.717, 1.165) is 21.8 Å². The van der Waals surface area contributed by atoms with Gasteiger partial charge in [0.25, 0.3) is 0 Å². The summed E-state index contributed by atoms with van der Waals surface area (Å²) in [5, 5.41) is 3.01. The Hall–Kier alpha value is -1.11. The maximum absolute atomic E-state index is 9.11. The lowest BCUT2D eigenvalue weighted by Gasteiger charge is -2.05. The summed E-state index contributed by atoms with van der Waals surface area (Å²) in [4.78, 5) is 9.11. The SMILES string of the molecule is Nc1ccc(PO)c2ccccc12. The molecule has 0 amide bonds. The first kappa shape index (κ1) is 8.49. The monoisotopic (exact) mass is 191 g/mol. The van der Waals surface area contributed by atoms with Crippen LogP contribution in [0, 0.1) is 0 Å². The van der Waals surface area contributed by atoms with E-state index in [9.17, 15) is 0 Å². The maximum atomic E-state index is 9.11. The minimum absolute atomic E-state index is 0.175. The Bertz CT molecular complexity index is 442. The smallest absolute Gasteiger partial charge is 0.0426 e. The first-order chi connectivity index (χ1) is 6.33. The number of benzene rings is 2. The topological polar surface area (TPSA) is 46.2 Å². The van der Waals surface area contributed by atoms with Crippen molar-refractivity contribution in [2.45, 2.75) is 0 Å². The van der Waals surface area contributed by atoms with Crippen LogP contribution >= 0.6 is 8.81 Å². The van der Waals surface area contributed by atoms with E-state index in [1.54, 1.807) is 0 Å². The van der Waals surface area contributed by atoms with Crippen molar-refractivity contribution in [3.8, 4) is 0 Å². The van der Waals surface area contributed by atoms with E-state index in [4.69, 9.17) is 10.6 Å². The fourth-order valence-corrected chi connectivity index (χ4v) is 1.92. The van der Waals surface area contributed by atoms with Gasteiger partial charge >= 0.3 is 0 Å². The second-order valence-corrected chi connectivity index (χ2v) is 3.62. The lowest BCUT2D eigenvalue weighted by atomic mass is 10.1. The molecule has 2 aromatic carbocycles. The third kappa shape index (κ3) is 1.39. The molecule has 3 N–H and O–H groups in total. The Kier molecular flexibility index (Phi) is 2.17. The van der Waals surface area contributed by atoms with Gasteiger partial charge in [0.1, 0.15) is 0 Å². The van der Waals surface area contributed by atoms with Crippen LogP contribution in [0.25, 0.3) is 10.8 Å². The van der Waals surface area contributed by atoms with Gasteiger partial charge in [0, 0.05) is 25.2 Å². The molecule has 3 heteroatoms. The van der Waals surface area contributed by atoms with E-state index < -0.39 is 0 Å². The second-order valence-electron chi connectivity index (χ2n) is 2.86. The van der Waals surface area contributed by atoms with Crippen molar-refractivity contribution in [2.24, 2.45) is 0 Å². The van der Waals surface area contributed by atoms with Gasteiger partial charge in [-0.2, -0.15) is 0 Å². The van der Waals surface area contributed by atoms with E-state index in [1.807, 2.05) is 36.4 Å². The maximum Gasteiger partial charge on any atom is 0.0426 e.